The van der Waals surface area contributed by atoms with Crippen molar-refractivity contribution in [3.63, 3.8) is 0 Å². The standard InChI is InChI=1S/C22H16N2O4S/c25-16-8-4-7-15(13-16)19-18(17(26)10-9-14-5-2-1-3-6-14)20(27)21(28)24(19)22-23-11-12-29-22/h1-13,19,25,27H/b10-9+. The highest BCUT2D eigenvalue weighted by atomic mass is 32.1. The van der Waals surface area contributed by atoms with E-state index in [4.69, 9.17) is 0 Å². The number of hydrogen-bond donors (Lipinski definition) is 2. The zero-order valence-electron chi connectivity index (χ0n) is 15.1. The van der Waals surface area contributed by atoms with Crippen LogP contribution in [0.1, 0.15) is 17.2 Å². The highest BCUT2D eigenvalue weighted by molar-refractivity contribution is 7.13. The quantitative estimate of drug-likeness (QED) is 0.627. The predicted octanol–water partition coefficient (Wildman–Crippen LogP) is 4.03. The van der Waals surface area contributed by atoms with Crippen LogP contribution in [0.5, 0.6) is 5.75 Å². The lowest BCUT2D eigenvalue weighted by Gasteiger charge is -2.24. The number of nitrogens with zero attached hydrogens (tertiary/aromatic N) is 2. The number of aromatic nitrogens is 1. The molecule has 2 N–H and O–H groups in total. The minimum atomic E-state index is -0.895. The normalized spacial score (nSPS) is 16.8. The first kappa shape index (κ1) is 18.6. The van der Waals surface area contributed by atoms with Crippen molar-refractivity contribution in [3.05, 3.63) is 94.7 Å². The molecular weight excluding hydrogens is 388 g/mol. The van der Waals surface area contributed by atoms with Crippen LogP contribution in [-0.4, -0.2) is 26.9 Å². The van der Waals surface area contributed by atoms with Crippen LogP contribution in [-0.2, 0) is 9.59 Å². The molecule has 1 aliphatic heterocycles. The number of amides is 1. The number of anilines is 1. The molecular formula is C22H16N2O4S. The van der Waals surface area contributed by atoms with Gasteiger partial charge in [0, 0.05) is 11.6 Å². The molecule has 0 spiro atoms. The number of allylic oxidation sites excluding steroid dienone is 1. The monoisotopic (exact) mass is 404 g/mol. The van der Waals surface area contributed by atoms with Gasteiger partial charge in [0.25, 0.3) is 5.91 Å². The van der Waals surface area contributed by atoms with Gasteiger partial charge in [0.15, 0.2) is 16.7 Å². The van der Waals surface area contributed by atoms with Gasteiger partial charge in [-0.15, -0.1) is 11.3 Å². The second-order valence-corrected chi connectivity index (χ2v) is 7.23. The van der Waals surface area contributed by atoms with Gasteiger partial charge in [-0.1, -0.05) is 48.5 Å². The average Bonchev–Trinajstić information content (AvgIpc) is 3.34. The third-order valence-corrected chi connectivity index (χ3v) is 5.28. The van der Waals surface area contributed by atoms with Crippen LogP contribution in [0, 0.1) is 0 Å². The van der Waals surface area contributed by atoms with E-state index in [9.17, 15) is 19.8 Å². The SMILES string of the molecule is O=C(/C=C/c1ccccc1)C1=C(O)C(=O)N(c2nccs2)C1c1cccc(O)c1. The number of aromatic hydroxyl groups is 1. The minimum absolute atomic E-state index is 0.00736. The average molecular weight is 404 g/mol. The van der Waals surface area contributed by atoms with Gasteiger partial charge < -0.3 is 10.2 Å². The van der Waals surface area contributed by atoms with Gasteiger partial charge in [-0.3, -0.25) is 14.5 Å². The Morgan fingerprint density at radius 1 is 1.10 bits per heavy atom. The number of thiazole rings is 1. The molecule has 0 fully saturated rings. The van der Waals surface area contributed by atoms with Crippen molar-refractivity contribution in [1.29, 1.82) is 0 Å². The number of aliphatic hydroxyl groups is 1. The fourth-order valence-corrected chi connectivity index (χ4v) is 3.89. The topological polar surface area (TPSA) is 90.7 Å². The summed E-state index contributed by atoms with van der Waals surface area (Å²) < 4.78 is 0. The molecule has 0 saturated carbocycles. The van der Waals surface area contributed by atoms with Gasteiger partial charge in [-0.25, -0.2) is 4.98 Å². The Morgan fingerprint density at radius 3 is 2.59 bits per heavy atom. The Kier molecular flexibility index (Phi) is 4.97. The third-order valence-electron chi connectivity index (χ3n) is 4.51. The Bertz CT molecular complexity index is 1120. The molecule has 2 heterocycles. The van der Waals surface area contributed by atoms with Crippen molar-refractivity contribution in [1.82, 2.24) is 4.98 Å². The summed E-state index contributed by atoms with van der Waals surface area (Å²) in [7, 11) is 0. The molecule has 0 aliphatic carbocycles. The van der Waals surface area contributed by atoms with Crippen LogP contribution in [0.2, 0.25) is 0 Å². The van der Waals surface area contributed by atoms with E-state index in [1.54, 1.807) is 29.8 Å². The van der Waals surface area contributed by atoms with E-state index in [-0.39, 0.29) is 11.3 Å². The molecule has 29 heavy (non-hydrogen) atoms. The molecule has 0 saturated heterocycles. The van der Waals surface area contributed by atoms with E-state index in [0.29, 0.717) is 10.7 Å². The largest absolute Gasteiger partial charge is 0.508 e. The van der Waals surface area contributed by atoms with Crippen LogP contribution in [0.4, 0.5) is 5.13 Å². The predicted molar refractivity (Wildman–Crippen MR) is 111 cm³/mol. The maximum absolute atomic E-state index is 13.0. The first-order chi connectivity index (χ1) is 14.1. The van der Waals surface area contributed by atoms with Gasteiger partial charge in [0.05, 0.1) is 11.6 Å². The highest BCUT2D eigenvalue weighted by Crippen LogP contribution is 2.42. The second kappa shape index (κ2) is 7.73. The summed E-state index contributed by atoms with van der Waals surface area (Å²) in [5, 5.41) is 22.5. The maximum atomic E-state index is 13.0. The Labute approximate surface area is 170 Å². The number of aliphatic hydroxyl groups excluding tert-OH is 1. The lowest BCUT2D eigenvalue weighted by atomic mass is 9.95. The molecule has 144 valence electrons. The number of hydrogen-bond acceptors (Lipinski definition) is 6. The van der Waals surface area contributed by atoms with Crippen LogP contribution in [0.3, 0.4) is 0 Å². The van der Waals surface area contributed by atoms with Crippen LogP contribution < -0.4 is 4.90 Å². The number of carbonyl (C=O) groups is 2. The fourth-order valence-electron chi connectivity index (χ4n) is 3.23. The van der Waals surface area contributed by atoms with Gasteiger partial charge in [-0.2, -0.15) is 0 Å². The van der Waals surface area contributed by atoms with Crippen LogP contribution in [0.25, 0.3) is 6.08 Å². The van der Waals surface area contributed by atoms with E-state index in [0.717, 1.165) is 5.56 Å². The summed E-state index contributed by atoms with van der Waals surface area (Å²) in [6.45, 7) is 0. The second-order valence-electron chi connectivity index (χ2n) is 6.36. The molecule has 0 bridgehead atoms. The Hall–Kier alpha value is -3.71. The molecule has 3 aromatic rings. The molecule has 6 nitrogen and oxygen atoms in total. The van der Waals surface area contributed by atoms with Crippen molar-refractivity contribution >= 4 is 34.2 Å². The first-order valence-corrected chi connectivity index (χ1v) is 9.67. The number of benzene rings is 2. The van der Waals surface area contributed by atoms with Gasteiger partial charge >= 0.3 is 0 Å². The molecule has 1 atom stereocenters. The summed E-state index contributed by atoms with van der Waals surface area (Å²) in [6.07, 6.45) is 4.49. The Balaban J connectivity index is 1.78. The lowest BCUT2D eigenvalue weighted by molar-refractivity contribution is -0.117. The van der Waals surface area contributed by atoms with Gasteiger partial charge in [-0.05, 0) is 29.3 Å². The van der Waals surface area contributed by atoms with E-state index < -0.39 is 23.5 Å². The smallest absolute Gasteiger partial charge is 0.296 e. The van der Waals surface area contributed by atoms with E-state index in [1.807, 2.05) is 30.3 Å². The summed E-state index contributed by atoms with van der Waals surface area (Å²) in [6, 6.07) is 14.6. The van der Waals surface area contributed by atoms with Crippen LogP contribution in [0.15, 0.2) is 83.6 Å². The summed E-state index contributed by atoms with van der Waals surface area (Å²) >= 11 is 1.22. The third kappa shape index (κ3) is 3.55. The van der Waals surface area contributed by atoms with Gasteiger partial charge in [0.2, 0.25) is 0 Å². The zero-order valence-corrected chi connectivity index (χ0v) is 15.9. The van der Waals surface area contributed by atoms with Crippen molar-refractivity contribution in [2.75, 3.05) is 4.90 Å². The first-order valence-electron chi connectivity index (χ1n) is 8.79. The zero-order chi connectivity index (χ0) is 20.4. The maximum Gasteiger partial charge on any atom is 0.296 e. The minimum Gasteiger partial charge on any atom is -0.508 e. The summed E-state index contributed by atoms with van der Waals surface area (Å²) in [5.41, 5.74) is 1.26. The summed E-state index contributed by atoms with van der Waals surface area (Å²) in [5.74, 6) is -1.82. The molecule has 1 aromatic heterocycles. The molecule has 1 aliphatic rings. The highest BCUT2D eigenvalue weighted by Gasteiger charge is 2.44. The molecule has 1 amide bonds. The number of phenols is 1. The molecule has 0 radical (unpaired) electrons. The van der Waals surface area contributed by atoms with E-state index >= 15 is 0 Å². The molecule has 2 aromatic carbocycles. The fraction of sp³-hybridized carbons (Fsp3) is 0.0455. The number of phenolic OH excluding ortho intramolecular Hbond substituents is 1. The molecule has 7 heteroatoms. The van der Waals surface area contributed by atoms with E-state index in [2.05, 4.69) is 4.98 Å². The number of rotatable bonds is 5. The lowest BCUT2D eigenvalue weighted by Crippen LogP contribution is -2.30. The van der Waals surface area contributed by atoms with Crippen molar-refractivity contribution < 1.29 is 19.8 Å². The number of ketones is 1. The Morgan fingerprint density at radius 2 is 1.90 bits per heavy atom. The van der Waals surface area contributed by atoms with Crippen LogP contribution >= 0.6 is 11.3 Å². The molecule has 1 unspecified atom stereocenters. The van der Waals surface area contributed by atoms with Crippen molar-refractivity contribution in [3.8, 4) is 5.75 Å². The van der Waals surface area contributed by atoms with E-state index in [1.165, 1.54) is 34.4 Å². The number of carbonyl (C=O) groups excluding carboxylic acids is 2. The van der Waals surface area contributed by atoms with Gasteiger partial charge in [0.1, 0.15) is 5.75 Å². The summed E-state index contributed by atoms with van der Waals surface area (Å²) in [4.78, 5) is 31.2. The van der Waals surface area contributed by atoms with Crippen molar-refractivity contribution in [2.24, 2.45) is 0 Å². The van der Waals surface area contributed by atoms with Crippen molar-refractivity contribution in [2.45, 2.75) is 6.04 Å². The molecule has 4 rings (SSSR count).